The van der Waals surface area contributed by atoms with Crippen molar-refractivity contribution in [2.45, 2.75) is 13.0 Å². The van der Waals surface area contributed by atoms with Gasteiger partial charge in [-0.1, -0.05) is 12.1 Å². The Morgan fingerprint density at radius 3 is 2.61 bits per heavy atom. The van der Waals surface area contributed by atoms with Gasteiger partial charge >= 0.3 is 0 Å². The maximum absolute atomic E-state index is 12.0. The summed E-state index contributed by atoms with van der Waals surface area (Å²) >= 11 is 0. The average molecular weight is 309 g/mol. The lowest BCUT2D eigenvalue weighted by Crippen LogP contribution is -2.18. The van der Waals surface area contributed by atoms with Crippen LogP contribution in [-0.4, -0.2) is 31.3 Å². The summed E-state index contributed by atoms with van der Waals surface area (Å²) in [4.78, 5) is 27.5. The molecule has 1 aromatic carbocycles. The fourth-order valence-corrected chi connectivity index (χ4v) is 2.24. The number of hydrogen-bond donors (Lipinski definition) is 2. The Morgan fingerprint density at radius 2 is 1.91 bits per heavy atom. The number of hydrogen-bond acceptors (Lipinski definition) is 5. The van der Waals surface area contributed by atoms with Crippen LogP contribution in [0.5, 0.6) is 0 Å². The minimum atomic E-state index is -0.659. The molecule has 7 nitrogen and oxygen atoms in total. The van der Waals surface area contributed by atoms with Crippen molar-refractivity contribution in [2.24, 2.45) is 0 Å². The third-order valence-corrected chi connectivity index (χ3v) is 3.40. The Kier molecular flexibility index (Phi) is 4.01. The molecular weight excluding hydrogens is 294 g/mol. The minimum absolute atomic E-state index is 0.0312. The van der Waals surface area contributed by atoms with Crippen LogP contribution in [0.3, 0.4) is 0 Å². The summed E-state index contributed by atoms with van der Waals surface area (Å²) in [5.41, 5.74) is 8.26. The van der Waals surface area contributed by atoms with Crippen LogP contribution in [0.25, 0.3) is 0 Å². The third kappa shape index (κ3) is 3.52. The van der Waals surface area contributed by atoms with Crippen molar-refractivity contribution in [3.05, 3.63) is 66.0 Å². The normalized spacial score (nSPS) is 10.6. The van der Waals surface area contributed by atoms with Gasteiger partial charge in [-0.15, -0.1) is 0 Å². The molecule has 3 aromatic rings. The molecule has 0 atom stereocenters. The van der Waals surface area contributed by atoms with Crippen LogP contribution in [0.15, 0.2) is 49.1 Å². The van der Waals surface area contributed by atoms with E-state index in [4.69, 9.17) is 5.73 Å². The van der Waals surface area contributed by atoms with Gasteiger partial charge < -0.3 is 10.3 Å². The van der Waals surface area contributed by atoms with Gasteiger partial charge in [0.2, 0.25) is 5.78 Å². The number of rotatable bonds is 6. The van der Waals surface area contributed by atoms with Crippen LogP contribution in [0.2, 0.25) is 0 Å². The van der Waals surface area contributed by atoms with E-state index in [1.165, 1.54) is 6.33 Å². The van der Waals surface area contributed by atoms with Gasteiger partial charge in [0.25, 0.3) is 5.78 Å². The second kappa shape index (κ2) is 6.27. The SMILES string of the molecule is Nc1ccc(Cn2ccc(CC(=O)C(=O)c3ncn[nH]3)c2)cc1. The Hall–Kier alpha value is -3.22. The van der Waals surface area contributed by atoms with Gasteiger partial charge in [0, 0.05) is 31.0 Å². The number of nitrogens with two attached hydrogens (primary N) is 1. The zero-order chi connectivity index (χ0) is 16.2. The van der Waals surface area contributed by atoms with Crippen LogP contribution < -0.4 is 5.73 Å². The summed E-state index contributed by atoms with van der Waals surface area (Å²) < 4.78 is 1.95. The number of anilines is 1. The molecule has 2 aromatic heterocycles. The quantitative estimate of drug-likeness (QED) is 0.404. The molecule has 7 heteroatoms. The first-order chi connectivity index (χ1) is 11.1. The molecule has 0 bridgehead atoms. The molecule has 0 spiro atoms. The summed E-state index contributed by atoms with van der Waals surface area (Å²) in [5.74, 6) is -1.21. The molecule has 0 fully saturated rings. The largest absolute Gasteiger partial charge is 0.399 e. The van der Waals surface area contributed by atoms with Gasteiger partial charge in [0.1, 0.15) is 6.33 Å². The van der Waals surface area contributed by atoms with Crippen molar-refractivity contribution in [3.8, 4) is 0 Å². The van der Waals surface area contributed by atoms with E-state index in [1.54, 1.807) is 0 Å². The summed E-state index contributed by atoms with van der Waals surface area (Å²) in [5, 5.41) is 5.97. The first-order valence-electron chi connectivity index (χ1n) is 7.04. The van der Waals surface area contributed by atoms with Gasteiger partial charge in [-0.3, -0.25) is 14.7 Å². The highest BCUT2D eigenvalue weighted by atomic mass is 16.2. The van der Waals surface area contributed by atoms with E-state index in [-0.39, 0.29) is 12.2 Å². The van der Waals surface area contributed by atoms with E-state index >= 15 is 0 Å². The number of benzene rings is 1. The van der Waals surface area contributed by atoms with Gasteiger partial charge in [0.05, 0.1) is 0 Å². The molecule has 2 heterocycles. The molecule has 3 N–H and O–H groups in total. The van der Waals surface area contributed by atoms with Gasteiger partial charge in [0.15, 0.2) is 5.82 Å². The highest BCUT2D eigenvalue weighted by Gasteiger charge is 2.19. The van der Waals surface area contributed by atoms with E-state index < -0.39 is 11.6 Å². The van der Waals surface area contributed by atoms with Gasteiger partial charge in [-0.2, -0.15) is 5.10 Å². The minimum Gasteiger partial charge on any atom is -0.399 e. The molecule has 0 aliphatic rings. The Morgan fingerprint density at radius 1 is 1.13 bits per heavy atom. The van der Waals surface area contributed by atoms with E-state index in [0.29, 0.717) is 6.54 Å². The summed E-state index contributed by atoms with van der Waals surface area (Å²) in [6.45, 7) is 0.671. The van der Waals surface area contributed by atoms with Crippen molar-refractivity contribution in [3.63, 3.8) is 0 Å². The summed E-state index contributed by atoms with van der Waals surface area (Å²) in [6, 6.07) is 9.42. The fourth-order valence-electron chi connectivity index (χ4n) is 2.24. The molecule has 0 saturated carbocycles. The maximum Gasteiger partial charge on any atom is 0.265 e. The monoisotopic (exact) mass is 309 g/mol. The Balaban J connectivity index is 1.64. The lowest BCUT2D eigenvalue weighted by atomic mass is 10.1. The lowest BCUT2D eigenvalue weighted by Gasteiger charge is -2.03. The molecule has 116 valence electrons. The standard InChI is InChI=1S/C16H15N5O2/c17-13-3-1-11(2-4-13)8-21-6-5-12(9-21)7-14(22)15(23)16-18-10-19-20-16/h1-6,9-10H,7-8,17H2,(H,18,19,20). The molecule has 0 radical (unpaired) electrons. The molecular formula is C16H15N5O2. The van der Waals surface area contributed by atoms with Crippen molar-refractivity contribution in [1.82, 2.24) is 19.7 Å². The number of nitrogen functional groups attached to an aromatic ring is 1. The topological polar surface area (TPSA) is 107 Å². The van der Waals surface area contributed by atoms with Crippen molar-refractivity contribution in [1.29, 1.82) is 0 Å². The number of nitrogens with one attached hydrogen (secondary N) is 1. The second-order valence-electron chi connectivity index (χ2n) is 5.20. The smallest absolute Gasteiger partial charge is 0.265 e. The number of Topliss-reactive ketones (excluding diaryl/α,β-unsaturated/α-hetero) is 2. The Labute approximate surface area is 132 Å². The number of carbonyl (C=O) groups is 2. The molecule has 23 heavy (non-hydrogen) atoms. The van der Waals surface area contributed by atoms with Crippen molar-refractivity contribution < 1.29 is 9.59 Å². The number of aromatic nitrogens is 4. The second-order valence-corrected chi connectivity index (χ2v) is 5.20. The Bertz CT molecular complexity index is 819. The fraction of sp³-hybridized carbons (Fsp3) is 0.125. The van der Waals surface area contributed by atoms with E-state index in [2.05, 4.69) is 15.2 Å². The van der Waals surface area contributed by atoms with Gasteiger partial charge in [-0.05, 0) is 29.3 Å². The number of H-pyrrole nitrogens is 1. The van der Waals surface area contributed by atoms with E-state index in [0.717, 1.165) is 16.8 Å². The highest BCUT2D eigenvalue weighted by Crippen LogP contribution is 2.10. The van der Waals surface area contributed by atoms with E-state index in [9.17, 15) is 9.59 Å². The van der Waals surface area contributed by atoms with Gasteiger partial charge in [-0.25, -0.2) is 4.98 Å². The number of aromatic amines is 1. The number of ketones is 2. The molecule has 0 aliphatic heterocycles. The number of carbonyl (C=O) groups excluding carboxylic acids is 2. The van der Waals surface area contributed by atoms with E-state index in [1.807, 2.05) is 47.3 Å². The molecule has 0 saturated heterocycles. The van der Waals surface area contributed by atoms with Crippen LogP contribution in [0.1, 0.15) is 21.7 Å². The van der Waals surface area contributed by atoms with Crippen LogP contribution in [0.4, 0.5) is 5.69 Å². The highest BCUT2D eigenvalue weighted by molar-refractivity contribution is 6.43. The molecule has 0 aliphatic carbocycles. The molecule has 0 unspecified atom stereocenters. The summed E-state index contributed by atoms with van der Waals surface area (Å²) in [6.07, 6.45) is 4.96. The van der Waals surface area contributed by atoms with Crippen LogP contribution >= 0.6 is 0 Å². The molecule has 0 amide bonds. The first-order valence-corrected chi connectivity index (χ1v) is 7.04. The summed E-state index contributed by atoms with van der Waals surface area (Å²) in [7, 11) is 0. The first kappa shape index (κ1) is 14.7. The third-order valence-electron chi connectivity index (χ3n) is 3.40. The molecule has 3 rings (SSSR count). The maximum atomic E-state index is 12.0. The van der Waals surface area contributed by atoms with Crippen molar-refractivity contribution in [2.75, 3.05) is 5.73 Å². The van der Waals surface area contributed by atoms with Crippen LogP contribution in [0, 0.1) is 0 Å². The predicted octanol–water partition coefficient (Wildman–Crippen LogP) is 1.23. The predicted molar refractivity (Wildman–Crippen MR) is 83.8 cm³/mol. The van der Waals surface area contributed by atoms with Crippen LogP contribution in [-0.2, 0) is 17.8 Å². The lowest BCUT2D eigenvalue weighted by molar-refractivity contribution is -0.114. The van der Waals surface area contributed by atoms with Crippen molar-refractivity contribution >= 4 is 17.3 Å². The zero-order valence-corrected chi connectivity index (χ0v) is 12.3. The zero-order valence-electron chi connectivity index (χ0n) is 12.3. The number of nitrogens with zero attached hydrogens (tertiary/aromatic N) is 3. The average Bonchev–Trinajstić information content (AvgIpc) is 3.21.